The number of carbonyl (C=O) groups excluding carboxylic acids is 2. The first-order valence-corrected chi connectivity index (χ1v) is 9.76. The molecule has 5 nitrogen and oxygen atoms in total. The van der Waals surface area contributed by atoms with E-state index in [1.54, 1.807) is 44.7 Å². The molecule has 0 unspecified atom stereocenters. The Kier molecular flexibility index (Phi) is 6.85. The van der Waals surface area contributed by atoms with Crippen LogP contribution < -0.4 is 10.6 Å². The highest BCUT2D eigenvalue weighted by molar-refractivity contribution is 7.97. The van der Waals surface area contributed by atoms with Crippen LogP contribution in [0.2, 0.25) is 0 Å². The van der Waals surface area contributed by atoms with Crippen molar-refractivity contribution in [2.45, 2.75) is 32.1 Å². The average molecular weight is 390 g/mol. The molecule has 2 aromatic rings. The van der Waals surface area contributed by atoms with Crippen LogP contribution in [0.25, 0.3) is 0 Å². The Hall–Kier alpha value is -2.54. The number of halogens is 1. The molecule has 144 valence electrons. The molecule has 0 radical (unpaired) electrons. The van der Waals surface area contributed by atoms with Gasteiger partial charge in [0.25, 0.3) is 5.91 Å². The highest BCUT2D eigenvalue weighted by Gasteiger charge is 2.18. The summed E-state index contributed by atoms with van der Waals surface area (Å²) < 4.78 is 18.8. The van der Waals surface area contributed by atoms with Crippen molar-refractivity contribution in [3.8, 4) is 0 Å². The molecule has 0 bridgehead atoms. The summed E-state index contributed by atoms with van der Waals surface area (Å²) in [6, 6.07) is 10.9. The number of hydrogen-bond acceptors (Lipinski definition) is 4. The molecule has 0 atom stereocenters. The van der Waals surface area contributed by atoms with E-state index in [1.165, 1.54) is 12.1 Å². The van der Waals surface area contributed by atoms with E-state index < -0.39 is 23.4 Å². The number of carbonyl (C=O) groups is 2. The van der Waals surface area contributed by atoms with Crippen molar-refractivity contribution < 1.29 is 18.7 Å². The largest absolute Gasteiger partial charge is 0.444 e. The Balaban J connectivity index is 2.16. The van der Waals surface area contributed by atoms with Gasteiger partial charge in [-0.05, 0) is 62.9 Å². The summed E-state index contributed by atoms with van der Waals surface area (Å²) in [5.74, 6) is -0.0747. The van der Waals surface area contributed by atoms with Gasteiger partial charge in [-0.1, -0.05) is 12.1 Å². The van der Waals surface area contributed by atoms with Gasteiger partial charge in [0, 0.05) is 11.3 Å². The minimum atomic E-state index is -0.689. The van der Waals surface area contributed by atoms with Crippen molar-refractivity contribution in [2.75, 3.05) is 16.9 Å². The van der Waals surface area contributed by atoms with Gasteiger partial charge in [-0.25, -0.2) is 9.18 Å². The van der Waals surface area contributed by atoms with Crippen molar-refractivity contribution in [3.05, 3.63) is 59.4 Å². The molecule has 0 aliphatic heterocycles. The predicted molar refractivity (Wildman–Crippen MR) is 108 cm³/mol. The van der Waals surface area contributed by atoms with Crippen LogP contribution in [0.3, 0.4) is 0 Å². The van der Waals surface area contributed by atoms with Crippen LogP contribution in [0.5, 0.6) is 0 Å². The Morgan fingerprint density at radius 3 is 2.30 bits per heavy atom. The third-order valence-corrected chi connectivity index (χ3v) is 4.01. The average Bonchev–Trinajstić information content (AvgIpc) is 2.56. The molecule has 2 rings (SSSR count). The fourth-order valence-electron chi connectivity index (χ4n) is 2.26. The van der Waals surface area contributed by atoms with Gasteiger partial charge >= 0.3 is 6.09 Å². The van der Waals surface area contributed by atoms with Crippen LogP contribution >= 0.6 is 11.8 Å². The van der Waals surface area contributed by atoms with E-state index in [4.69, 9.17) is 4.74 Å². The second kappa shape index (κ2) is 8.90. The van der Waals surface area contributed by atoms with Crippen LogP contribution in [0.15, 0.2) is 42.5 Å². The van der Waals surface area contributed by atoms with Gasteiger partial charge in [0.1, 0.15) is 11.4 Å². The molecule has 7 heteroatoms. The molecular weight excluding hydrogens is 367 g/mol. The molecule has 0 fully saturated rings. The summed E-state index contributed by atoms with van der Waals surface area (Å²) in [4.78, 5) is 24.5. The second-order valence-corrected chi connectivity index (χ2v) is 7.77. The van der Waals surface area contributed by atoms with Crippen molar-refractivity contribution in [1.29, 1.82) is 0 Å². The number of amides is 2. The summed E-state index contributed by atoms with van der Waals surface area (Å²) in [5.41, 5.74) is 1.27. The number of anilines is 2. The van der Waals surface area contributed by atoms with Gasteiger partial charge in [-0.2, -0.15) is 11.8 Å². The van der Waals surface area contributed by atoms with E-state index in [0.29, 0.717) is 5.56 Å². The van der Waals surface area contributed by atoms with Crippen LogP contribution in [0.4, 0.5) is 20.6 Å². The summed E-state index contributed by atoms with van der Waals surface area (Å²) in [5, 5.41) is 5.16. The van der Waals surface area contributed by atoms with E-state index in [-0.39, 0.29) is 11.4 Å². The number of ether oxygens (including phenoxy) is 1. The Morgan fingerprint density at radius 1 is 1.04 bits per heavy atom. The summed E-state index contributed by atoms with van der Waals surface area (Å²) in [7, 11) is 0. The normalized spacial score (nSPS) is 11.0. The van der Waals surface area contributed by atoms with E-state index >= 15 is 0 Å². The standard InChI is InChI=1S/C20H23FN2O3S/c1-20(2,3)26-19(25)23-16-10-9-15(21)11-17(16)22-18(24)14-7-5-13(6-8-14)12-27-4/h5-11H,12H2,1-4H3,(H,22,24)(H,23,25). The quantitative estimate of drug-likeness (QED) is 0.728. The van der Waals surface area contributed by atoms with Crippen LogP contribution in [-0.2, 0) is 10.5 Å². The lowest BCUT2D eigenvalue weighted by Crippen LogP contribution is -2.27. The maximum absolute atomic E-state index is 13.6. The third kappa shape index (κ3) is 6.60. The molecule has 0 saturated heterocycles. The Labute approximate surface area is 162 Å². The zero-order valence-electron chi connectivity index (χ0n) is 15.8. The molecular formula is C20H23FN2O3S. The van der Waals surface area contributed by atoms with Crippen molar-refractivity contribution in [2.24, 2.45) is 0 Å². The highest BCUT2D eigenvalue weighted by atomic mass is 32.2. The predicted octanol–water partition coefficient (Wildman–Crippen LogP) is 5.29. The number of benzene rings is 2. The second-order valence-electron chi connectivity index (χ2n) is 6.90. The SMILES string of the molecule is CSCc1ccc(C(=O)Nc2cc(F)ccc2NC(=O)OC(C)(C)C)cc1. The zero-order chi connectivity index (χ0) is 20.0. The summed E-state index contributed by atoms with van der Waals surface area (Å²) in [6.45, 7) is 5.21. The molecule has 2 N–H and O–H groups in total. The molecule has 0 spiro atoms. The van der Waals surface area contributed by atoms with E-state index in [0.717, 1.165) is 17.4 Å². The Bertz CT molecular complexity index is 817. The number of hydrogen-bond donors (Lipinski definition) is 2. The third-order valence-electron chi connectivity index (χ3n) is 3.39. The monoisotopic (exact) mass is 390 g/mol. The lowest BCUT2D eigenvalue weighted by molar-refractivity contribution is 0.0635. The molecule has 2 amide bonds. The fraction of sp³-hybridized carbons (Fsp3) is 0.300. The van der Waals surface area contributed by atoms with Gasteiger partial charge in [0.2, 0.25) is 0 Å². The first-order chi connectivity index (χ1) is 12.7. The van der Waals surface area contributed by atoms with Crippen molar-refractivity contribution in [3.63, 3.8) is 0 Å². The summed E-state index contributed by atoms with van der Waals surface area (Å²) in [6.07, 6.45) is 1.31. The van der Waals surface area contributed by atoms with Crippen molar-refractivity contribution >= 4 is 35.1 Å². The lowest BCUT2D eigenvalue weighted by Gasteiger charge is -2.20. The van der Waals surface area contributed by atoms with Gasteiger partial charge in [-0.15, -0.1) is 0 Å². The molecule has 0 saturated carbocycles. The van der Waals surface area contributed by atoms with Crippen molar-refractivity contribution in [1.82, 2.24) is 0 Å². The minimum absolute atomic E-state index is 0.152. The van der Waals surface area contributed by atoms with Gasteiger partial charge in [0.05, 0.1) is 11.4 Å². The van der Waals surface area contributed by atoms with E-state index in [2.05, 4.69) is 10.6 Å². The first-order valence-electron chi connectivity index (χ1n) is 8.37. The molecule has 0 aromatic heterocycles. The van der Waals surface area contributed by atoms with E-state index in [1.807, 2.05) is 18.4 Å². The molecule has 27 heavy (non-hydrogen) atoms. The molecule has 0 heterocycles. The zero-order valence-corrected chi connectivity index (χ0v) is 16.6. The molecule has 0 aliphatic carbocycles. The molecule has 0 aliphatic rings. The van der Waals surface area contributed by atoms with Crippen LogP contribution in [-0.4, -0.2) is 23.9 Å². The van der Waals surface area contributed by atoms with E-state index in [9.17, 15) is 14.0 Å². The maximum atomic E-state index is 13.6. The lowest BCUT2D eigenvalue weighted by atomic mass is 10.1. The van der Waals surface area contributed by atoms with Gasteiger partial charge in [-0.3, -0.25) is 10.1 Å². The topological polar surface area (TPSA) is 67.4 Å². The minimum Gasteiger partial charge on any atom is -0.444 e. The number of rotatable bonds is 5. The number of nitrogens with one attached hydrogen (secondary N) is 2. The van der Waals surface area contributed by atoms with Gasteiger partial charge in [0.15, 0.2) is 0 Å². The Morgan fingerprint density at radius 2 is 1.70 bits per heavy atom. The highest BCUT2D eigenvalue weighted by Crippen LogP contribution is 2.24. The maximum Gasteiger partial charge on any atom is 0.412 e. The smallest absolute Gasteiger partial charge is 0.412 e. The van der Waals surface area contributed by atoms with Crippen LogP contribution in [0.1, 0.15) is 36.7 Å². The first kappa shape index (κ1) is 20.8. The fourth-order valence-corrected chi connectivity index (χ4v) is 2.78. The van der Waals surface area contributed by atoms with Gasteiger partial charge < -0.3 is 10.1 Å². The summed E-state index contributed by atoms with van der Waals surface area (Å²) >= 11 is 1.69. The molecule has 2 aromatic carbocycles. The van der Waals surface area contributed by atoms with Crippen LogP contribution in [0, 0.1) is 5.82 Å². The number of thioether (sulfide) groups is 1.